The minimum absolute atomic E-state index is 0.254. The maximum atomic E-state index is 13.2. The van der Waals surface area contributed by atoms with E-state index in [2.05, 4.69) is 29.2 Å². The van der Waals surface area contributed by atoms with Gasteiger partial charge in [-0.15, -0.1) is 0 Å². The average molecular weight is 363 g/mol. The van der Waals surface area contributed by atoms with Crippen LogP contribution in [0.2, 0.25) is 0 Å². The molecule has 0 fully saturated rings. The molecule has 27 heavy (non-hydrogen) atoms. The number of halogens is 1. The molecule has 1 heterocycles. The van der Waals surface area contributed by atoms with E-state index in [0.717, 1.165) is 12.1 Å². The highest BCUT2D eigenvalue weighted by Crippen LogP contribution is 2.20. The zero-order chi connectivity index (χ0) is 19.2. The van der Waals surface area contributed by atoms with E-state index in [1.54, 1.807) is 36.7 Å². The van der Waals surface area contributed by atoms with E-state index < -0.39 is 0 Å². The van der Waals surface area contributed by atoms with E-state index in [4.69, 9.17) is 0 Å². The number of carbonyl (C=O) groups is 1. The first-order chi connectivity index (χ1) is 13.0. The number of pyridine rings is 1. The largest absolute Gasteiger partial charge is 0.322 e. The van der Waals surface area contributed by atoms with Crippen molar-refractivity contribution in [1.29, 1.82) is 0 Å². The fourth-order valence-corrected chi connectivity index (χ4v) is 2.85. The lowest BCUT2D eigenvalue weighted by Gasteiger charge is -2.25. The van der Waals surface area contributed by atoms with Gasteiger partial charge in [-0.2, -0.15) is 0 Å². The van der Waals surface area contributed by atoms with Gasteiger partial charge in [-0.25, -0.2) is 4.39 Å². The molecule has 0 radical (unpaired) electrons. The fraction of sp³-hybridized carbons (Fsp3) is 0.182. The minimum Gasteiger partial charge on any atom is -0.322 e. The molecule has 0 aliphatic rings. The van der Waals surface area contributed by atoms with E-state index in [1.165, 1.54) is 17.7 Å². The number of nitrogens with zero attached hydrogens (tertiary/aromatic N) is 2. The third-order valence-corrected chi connectivity index (χ3v) is 4.58. The van der Waals surface area contributed by atoms with Crippen LogP contribution in [0.1, 0.15) is 34.5 Å². The van der Waals surface area contributed by atoms with Gasteiger partial charge in [-0.1, -0.05) is 18.2 Å². The van der Waals surface area contributed by atoms with Crippen molar-refractivity contribution in [1.82, 2.24) is 9.88 Å². The Labute approximate surface area is 158 Å². The van der Waals surface area contributed by atoms with Crippen LogP contribution in [0.3, 0.4) is 0 Å². The van der Waals surface area contributed by atoms with Gasteiger partial charge in [-0.3, -0.25) is 14.7 Å². The van der Waals surface area contributed by atoms with Crippen molar-refractivity contribution in [3.63, 3.8) is 0 Å². The normalized spacial score (nSPS) is 12.0. The lowest BCUT2D eigenvalue weighted by Crippen LogP contribution is -2.22. The van der Waals surface area contributed by atoms with Gasteiger partial charge in [0.25, 0.3) is 5.91 Å². The number of carbonyl (C=O) groups excluding carboxylic acids is 1. The van der Waals surface area contributed by atoms with Gasteiger partial charge in [0, 0.05) is 36.2 Å². The molecule has 1 amide bonds. The average Bonchev–Trinajstić information content (AvgIpc) is 2.68. The third kappa shape index (κ3) is 4.99. The molecule has 1 N–H and O–H groups in total. The van der Waals surface area contributed by atoms with Crippen molar-refractivity contribution < 1.29 is 9.18 Å². The first-order valence-electron chi connectivity index (χ1n) is 8.79. The molecule has 1 aromatic heterocycles. The maximum absolute atomic E-state index is 13.2. The molecular weight excluding hydrogens is 341 g/mol. The summed E-state index contributed by atoms with van der Waals surface area (Å²) in [5.74, 6) is -0.639. The summed E-state index contributed by atoms with van der Waals surface area (Å²) in [6.45, 7) is 2.91. The number of benzene rings is 2. The number of aromatic nitrogens is 1. The number of nitrogens with one attached hydrogen (secondary N) is 1. The molecular formula is C22H22FN3O. The Morgan fingerprint density at radius 2 is 1.81 bits per heavy atom. The summed E-state index contributed by atoms with van der Waals surface area (Å²) in [6, 6.07) is 17.6. The van der Waals surface area contributed by atoms with Crippen molar-refractivity contribution >= 4 is 11.6 Å². The summed E-state index contributed by atoms with van der Waals surface area (Å²) in [4.78, 5) is 18.6. The van der Waals surface area contributed by atoms with Gasteiger partial charge in [0.05, 0.1) is 0 Å². The standard InChI is InChI=1S/C22H22FN3O/c1-16(18-10-12-24-13-11-18)26(2)15-17-6-8-19(9-7-17)22(27)25-21-5-3-4-20(23)14-21/h3-14,16H,15H2,1-2H3,(H,25,27)/t16-/m1/s1. The Morgan fingerprint density at radius 1 is 1.11 bits per heavy atom. The fourth-order valence-electron chi connectivity index (χ4n) is 2.85. The highest BCUT2D eigenvalue weighted by atomic mass is 19.1. The molecule has 0 spiro atoms. The van der Waals surface area contributed by atoms with Crippen LogP contribution in [0.15, 0.2) is 73.1 Å². The van der Waals surface area contributed by atoms with Gasteiger partial charge >= 0.3 is 0 Å². The van der Waals surface area contributed by atoms with Crippen molar-refractivity contribution in [2.24, 2.45) is 0 Å². The van der Waals surface area contributed by atoms with Crippen LogP contribution in [0.25, 0.3) is 0 Å². The number of anilines is 1. The molecule has 5 heteroatoms. The first kappa shape index (κ1) is 18.7. The molecule has 0 aliphatic heterocycles. The van der Waals surface area contributed by atoms with E-state index in [1.807, 2.05) is 24.3 Å². The molecule has 0 saturated heterocycles. The van der Waals surface area contributed by atoms with Crippen LogP contribution in [-0.4, -0.2) is 22.8 Å². The Balaban J connectivity index is 1.62. The van der Waals surface area contributed by atoms with Crippen molar-refractivity contribution in [3.8, 4) is 0 Å². The zero-order valence-electron chi connectivity index (χ0n) is 15.4. The zero-order valence-corrected chi connectivity index (χ0v) is 15.4. The second-order valence-electron chi connectivity index (χ2n) is 6.53. The topological polar surface area (TPSA) is 45.2 Å². The number of rotatable bonds is 6. The van der Waals surface area contributed by atoms with Gasteiger partial charge < -0.3 is 5.32 Å². The van der Waals surface area contributed by atoms with E-state index in [-0.39, 0.29) is 17.8 Å². The second-order valence-corrected chi connectivity index (χ2v) is 6.53. The van der Waals surface area contributed by atoms with Gasteiger partial charge in [0.15, 0.2) is 0 Å². The van der Waals surface area contributed by atoms with Crippen LogP contribution >= 0.6 is 0 Å². The molecule has 2 aromatic carbocycles. The van der Waals surface area contributed by atoms with E-state index in [0.29, 0.717) is 11.3 Å². The van der Waals surface area contributed by atoms with Crippen LogP contribution < -0.4 is 5.32 Å². The van der Waals surface area contributed by atoms with Gasteiger partial charge in [-0.05, 0) is 67.6 Å². The molecule has 3 aromatic rings. The highest BCUT2D eigenvalue weighted by Gasteiger charge is 2.12. The second kappa shape index (κ2) is 8.56. The summed E-state index contributed by atoms with van der Waals surface area (Å²) in [6.07, 6.45) is 3.59. The van der Waals surface area contributed by atoms with Gasteiger partial charge in [0.1, 0.15) is 5.82 Å². The number of amides is 1. The van der Waals surface area contributed by atoms with E-state index in [9.17, 15) is 9.18 Å². The molecule has 0 saturated carbocycles. The van der Waals surface area contributed by atoms with Crippen LogP contribution in [-0.2, 0) is 6.54 Å². The molecule has 1 atom stereocenters. The first-order valence-corrected chi connectivity index (χ1v) is 8.79. The van der Waals surface area contributed by atoms with Crippen LogP contribution in [0.5, 0.6) is 0 Å². The summed E-state index contributed by atoms with van der Waals surface area (Å²) in [5.41, 5.74) is 3.29. The molecule has 138 valence electrons. The summed E-state index contributed by atoms with van der Waals surface area (Å²) in [7, 11) is 2.07. The molecule has 3 rings (SSSR count). The third-order valence-electron chi connectivity index (χ3n) is 4.58. The van der Waals surface area contributed by atoms with Crippen molar-refractivity contribution in [3.05, 3.63) is 95.6 Å². The van der Waals surface area contributed by atoms with Gasteiger partial charge in [0.2, 0.25) is 0 Å². The molecule has 4 nitrogen and oxygen atoms in total. The monoisotopic (exact) mass is 363 g/mol. The summed E-state index contributed by atoms with van der Waals surface area (Å²) >= 11 is 0. The molecule has 0 unspecified atom stereocenters. The summed E-state index contributed by atoms with van der Waals surface area (Å²) in [5, 5.41) is 2.70. The Bertz CT molecular complexity index is 897. The van der Waals surface area contributed by atoms with Crippen LogP contribution in [0, 0.1) is 5.82 Å². The van der Waals surface area contributed by atoms with Crippen molar-refractivity contribution in [2.75, 3.05) is 12.4 Å². The summed E-state index contributed by atoms with van der Waals surface area (Å²) < 4.78 is 13.2. The molecule has 0 bridgehead atoms. The Morgan fingerprint density at radius 3 is 2.48 bits per heavy atom. The quantitative estimate of drug-likeness (QED) is 0.692. The maximum Gasteiger partial charge on any atom is 0.255 e. The Kier molecular flexibility index (Phi) is 5.94. The number of hydrogen-bond donors (Lipinski definition) is 1. The highest BCUT2D eigenvalue weighted by molar-refractivity contribution is 6.04. The van der Waals surface area contributed by atoms with E-state index >= 15 is 0 Å². The predicted octanol–water partition coefficient (Wildman–Crippen LogP) is 4.67. The lowest BCUT2D eigenvalue weighted by atomic mass is 10.1. The Hall–Kier alpha value is -3.05. The predicted molar refractivity (Wildman–Crippen MR) is 105 cm³/mol. The van der Waals surface area contributed by atoms with Crippen molar-refractivity contribution in [2.45, 2.75) is 19.5 Å². The van der Waals surface area contributed by atoms with Crippen LogP contribution in [0.4, 0.5) is 10.1 Å². The SMILES string of the molecule is C[C@H](c1ccncc1)N(C)Cc1ccc(C(=O)Nc2cccc(F)c2)cc1. The molecule has 0 aliphatic carbocycles. The smallest absolute Gasteiger partial charge is 0.255 e. The minimum atomic E-state index is -0.380. The lowest BCUT2D eigenvalue weighted by molar-refractivity contribution is 0.102. The number of hydrogen-bond acceptors (Lipinski definition) is 3.